The number of nitrogens with zero attached hydrogens (tertiary/aromatic N) is 5. The summed E-state index contributed by atoms with van der Waals surface area (Å²) in [5, 5.41) is 18.1. The standard InChI is InChI=1S/C22H27N7O3S/c1-33-22-25-26-27-29(22)19-6-3-5-18(15-19)24-21(30)23-16-17-4-2-7-20(14-17)32-13-10-28-8-11-31-12-9-28/h2-7,14-15H,8-13,16H2,1H3,(H2,23,24,30). The Bertz CT molecular complexity index is 1060. The van der Waals surface area contributed by atoms with Crippen molar-refractivity contribution < 1.29 is 14.3 Å². The Labute approximate surface area is 196 Å². The van der Waals surface area contributed by atoms with E-state index in [0.29, 0.717) is 24.0 Å². The van der Waals surface area contributed by atoms with Crippen LogP contribution in [0, 0.1) is 0 Å². The summed E-state index contributed by atoms with van der Waals surface area (Å²) in [6.07, 6.45) is 1.90. The van der Waals surface area contributed by atoms with Crippen LogP contribution in [-0.4, -0.2) is 76.8 Å². The van der Waals surface area contributed by atoms with Gasteiger partial charge in [-0.3, -0.25) is 4.90 Å². The SMILES string of the molecule is CSc1nnnn1-c1cccc(NC(=O)NCc2cccc(OCCN3CCOCC3)c2)c1. The number of carbonyl (C=O) groups is 1. The maximum absolute atomic E-state index is 12.4. The van der Waals surface area contributed by atoms with Gasteiger partial charge in [0.25, 0.3) is 0 Å². The molecule has 1 aliphatic rings. The van der Waals surface area contributed by atoms with Crippen LogP contribution in [0.1, 0.15) is 5.56 Å². The zero-order chi connectivity index (χ0) is 22.9. The van der Waals surface area contributed by atoms with Gasteiger partial charge in [0.05, 0.1) is 18.9 Å². The minimum atomic E-state index is -0.299. The molecule has 0 atom stereocenters. The smallest absolute Gasteiger partial charge is 0.319 e. The van der Waals surface area contributed by atoms with E-state index < -0.39 is 0 Å². The normalized spacial score (nSPS) is 14.1. The van der Waals surface area contributed by atoms with Gasteiger partial charge in [-0.15, -0.1) is 5.10 Å². The van der Waals surface area contributed by atoms with E-state index in [1.165, 1.54) is 11.8 Å². The molecule has 0 unspecified atom stereocenters. The molecule has 10 nitrogen and oxygen atoms in total. The summed E-state index contributed by atoms with van der Waals surface area (Å²) in [4.78, 5) is 14.7. The van der Waals surface area contributed by atoms with Crippen LogP contribution >= 0.6 is 11.8 Å². The van der Waals surface area contributed by atoms with Crippen LogP contribution < -0.4 is 15.4 Å². The van der Waals surface area contributed by atoms with Crippen LogP contribution in [-0.2, 0) is 11.3 Å². The lowest BCUT2D eigenvalue weighted by Gasteiger charge is -2.26. The monoisotopic (exact) mass is 469 g/mol. The Morgan fingerprint density at radius 3 is 2.88 bits per heavy atom. The van der Waals surface area contributed by atoms with E-state index in [-0.39, 0.29) is 6.03 Å². The molecular formula is C22H27N7O3S. The number of rotatable bonds is 9. The van der Waals surface area contributed by atoms with E-state index in [4.69, 9.17) is 9.47 Å². The maximum Gasteiger partial charge on any atom is 0.319 e. The van der Waals surface area contributed by atoms with E-state index in [0.717, 1.165) is 49.8 Å². The van der Waals surface area contributed by atoms with E-state index in [1.54, 1.807) is 4.68 Å². The van der Waals surface area contributed by atoms with Gasteiger partial charge in [0.15, 0.2) is 0 Å². The minimum Gasteiger partial charge on any atom is -0.492 e. The van der Waals surface area contributed by atoms with E-state index >= 15 is 0 Å². The van der Waals surface area contributed by atoms with Crippen molar-refractivity contribution in [3.8, 4) is 11.4 Å². The second-order valence-electron chi connectivity index (χ2n) is 7.39. The Balaban J connectivity index is 1.26. The van der Waals surface area contributed by atoms with Crippen molar-refractivity contribution in [1.82, 2.24) is 30.4 Å². The van der Waals surface area contributed by atoms with Crippen molar-refractivity contribution in [1.29, 1.82) is 0 Å². The minimum absolute atomic E-state index is 0.299. The van der Waals surface area contributed by atoms with Gasteiger partial charge >= 0.3 is 6.03 Å². The molecular weight excluding hydrogens is 442 g/mol. The Morgan fingerprint density at radius 1 is 1.18 bits per heavy atom. The number of anilines is 1. The van der Waals surface area contributed by atoms with Gasteiger partial charge in [-0.1, -0.05) is 30.0 Å². The number of aromatic nitrogens is 4. The molecule has 2 heterocycles. The number of tetrazole rings is 1. The van der Waals surface area contributed by atoms with Gasteiger partial charge in [-0.2, -0.15) is 4.68 Å². The summed E-state index contributed by atoms with van der Waals surface area (Å²) in [5.74, 6) is 0.793. The highest BCUT2D eigenvalue weighted by Crippen LogP contribution is 2.19. The summed E-state index contributed by atoms with van der Waals surface area (Å²) < 4.78 is 12.9. The molecule has 4 rings (SSSR count). The van der Waals surface area contributed by atoms with Gasteiger partial charge in [-0.25, -0.2) is 4.79 Å². The van der Waals surface area contributed by atoms with Crippen LogP contribution in [0.3, 0.4) is 0 Å². The van der Waals surface area contributed by atoms with Gasteiger partial charge in [0.2, 0.25) is 5.16 Å². The van der Waals surface area contributed by atoms with Crippen molar-refractivity contribution in [2.45, 2.75) is 11.7 Å². The first-order valence-corrected chi connectivity index (χ1v) is 11.9. The zero-order valence-corrected chi connectivity index (χ0v) is 19.3. The van der Waals surface area contributed by atoms with Crippen molar-refractivity contribution in [2.75, 3.05) is 51.0 Å². The molecule has 0 saturated carbocycles. The summed E-state index contributed by atoms with van der Waals surface area (Å²) in [7, 11) is 0. The van der Waals surface area contributed by atoms with Crippen molar-refractivity contribution >= 4 is 23.5 Å². The van der Waals surface area contributed by atoms with Crippen LogP contribution in [0.2, 0.25) is 0 Å². The zero-order valence-electron chi connectivity index (χ0n) is 18.4. The van der Waals surface area contributed by atoms with Crippen LogP contribution in [0.15, 0.2) is 53.7 Å². The summed E-state index contributed by atoms with van der Waals surface area (Å²) in [5.41, 5.74) is 2.37. The predicted octanol–water partition coefficient (Wildman–Crippen LogP) is 2.42. The molecule has 1 aromatic heterocycles. The first-order valence-electron chi connectivity index (χ1n) is 10.7. The number of thioether (sulfide) groups is 1. The van der Waals surface area contributed by atoms with Gasteiger partial charge in [0, 0.05) is 31.9 Å². The molecule has 0 bridgehead atoms. The van der Waals surface area contributed by atoms with Crippen LogP contribution in [0.5, 0.6) is 5.75 Å². The first kappa shape index (κ1) is 23.0. The fourth-order valence-corrected chi connectivity index (χ4v) is 3.84. The quantitative estimate of drug-likeness (QED) is 0.460. The third-order valence-electron chi connectivity index (χ3n) is 5.10. The number of hydrogen-bond donors (Lipinski definition) is 2. The van der Waals surface area contributed by atoms with Crippen molar-refractivity contribution in [2.24, 2.45) is 0 Å². The highest BCUT2D eigenvalue weighted by atomic mass is 32.2. The second kappa shape index (κ2) is 11.6. The molecule has 1 saturated heterocycles. The molecule has 33 heavy (non-hydrogen) atoms. The first-order chi connectivity index (χ1) is 16.2. The molecule has 0 spiro atoms. The number of amides is 2. The van der Waals surface area contributed by atoms with Gasteiger partial charge in [-0.05, 0) is 52.6 Å². The molecule has 2 amide bonds. The Kier molecular flexibility index (Phi) is 8.12. The molecule has 0 aliphatic carbocycles. The summed E-state index contributed by atoms with van der Waals surface area (Å²) >= 11 is 1.45. The fraction of sp³-hybridized carbons (Fsp3) is 0.364. The van der Waals surface area contributed by atoms with Crippen LogP contribution in [0.4, 0.5) is 10.5 Å². The molecule has 1 aliphatic heterocycles. The third kappa shape index (κ3) is 6.67. The number of benzene rings is 2. The number of urea groups is 1. The van der Waals surface area contributed by atoms with E-state index in [1.807, 2.05) is 54.8 Å². The molecule has 2 aromatic carbocycles. The third-order valence-corrected chi connectivity index (χ3v) is 5.72. The topological polar surface area (TPSA) is 106 Å². The molecule has 2 N–H and O–H groups in total. The highest BCUT2D eigenvalue weighted by molar-refractivity contribution is 7.98. The molecule has 0 radical (unpaired) electrons. The van der Waals surface area contributed by atoms with Crippen molar-refractivity contribution in [3.05, 3.63) is 54.1 Å². The van der Waals surface area contributed by atoms with Crippen molar-refractivity contribution in [3.63, 3.8) is 0 Å². The number of hydrogen-bond acceptors (Lipinski definition) is 8. The Morgan fingerprint density at radius 2 is 2.03 bits per heavy atom. The van der Waals surface area contributed by atoms with E-state index in [9.17, 15) is 4.79 Å². The number of nitrogens with one attached hydrogen (secondary N) is 2. The van der Waals surface area contributed by atoms with Crippen LogP contribution in [0.25, 0.3) is 5.69 Å². The van der Waals surface area contributed by atoms with Gasteiger partial charge < -0.3 is 20.1 Å². The molecule has 1 fully saturated rings. The molecule has 3 aromatic rings. The largest absolute Gasteiger partial charge is 0.492 e. The number of carbonyl (C=O) groups excluding carboxylic acids is 1. The molecule has 174 valence electrons. The molecule has 11 heteroatoms. The average Bonchev–Trinajstić information content (AvgIpc) is 3.33. The maximum atomic E-state index is 12.4. The predicted molar refractivity (Wildman–Crippen MR) is 126 cm³/mol. The van der Waals surface area contributed by atoms with Gasteiger partial charge in [0.1, 0.15) is 12.4 Å². The summed E-state index contributed by atoms with van der Waals surface area (Å²) in [6, 6.07) is 14.8. The highest BCUT2D eigenvalue weighted by Gasteiger charge is 2.11. The fourth-order valence-electron chi connectivity index (χ4n) is 3.40. The Hall–Kier alpha value is -3.15. The average molecular weight is 470 g/mol. The lowest BCUT2D eigenvalue weighted by Crippen LogP contribution is -2.38. The lowest BCUT2D eigenvalue weighted by molar-refractivity contribution is 0.0322. The summed E-state index contributed by atoms with van der Waals surface area (Å²) in [6.45, 7) is 5.33. The number of morpholine rings is 1. The van der Waals surface area contributed by atoms with E-state index in [2.05, 4.69) is 31.1 Å². The second-order valence-corrected chi connectivity index (χ2v) is 8.16. The lowest BCUT2D eigenvalue weighted by atomic mass is 10.2. The number of ether oxygens (including phenoxy) is 2.